The number of nitrogens with one attached hydrogen (secondary N) is 3. The quantitative estimate of drug-likeness (QED) is 0.358. The molecule has 3 amide bonds. The Morgan fingerprint density at radius 3 is 2.26 bits per heavy atom. The second-order valence-electron chi connectivity index (χ2n) is 8.32. The molecule has 7 heteroatoms. The van der Waals surface area contributed by atoms with Gasteiger partial charge in [-0.15, -0.1) is 0 Å². The fraction of sp³-hybridized carbons (Fsp3) is 0.250. The zero-order chi connectivity index (χ0) is 25.0. The van der Waals surface area contributed by atoms with Crippen LogP contribution in [0.2, 0.25) is 0 Å². The number of unbranched alkanes of at least 4 members (excludes halogenated alkanes) is 1. The normalized spacial score (nSPS) is 10.3. The van der Waals surface area contributed by atoms with Crippen LogP contribution in [0.25, 0.3) is 0 Å². The predicted molar refractivity (Wildman–Crippen MR) is 139 cm³/mol. The highest BCUT2D eigenvalue weighted by Crippen LogP contribution is 2.15. The molecule has 0 aliphatic carbocycles. The van der Waals surface area contributed by atoms with Gasteiger partial charge >= 0.3 is 0 Å². The van der Waals surface area contributed by atoms with Crippen molar-refractivity contribution in [1.82, 2.24) is 10.2 Å². The summed E-state index contributed by atoms with van der Waals surface area (Å²) < 4.78 is 0. The SMILES string of the molecule is CCCCNC(=O)c1cccc(NCC(=O)Nc2cccc(C(=O)N(C)Cc3ccccc3)c2)c1. The second kappa shape index (κ2) is 12.9. The minimum atomic E-state index is -0.259. The highest BCUT2D eigenvalue weighted by atomic mass is 16.2. The number of benzene rings is 3. The van der Waals surface area contributed by atoms with Crippen LogP contribution < -0.4 is 16.0 Å². The molecule has 0 heterocycles. The van der Waals surface area contributed by atoms with Gasteiger partial charge in [0, 0.05) is 42.6 Å². The molecular weight excluding hydrogens is 440 g/mol. The van der Waals surface area contributed by atoms with Crippen LogP contribution in [0.4, 0.5) is 11.4 Å². The molecule has 0 saturated heterocycles. The van der Waals surface area contributed by atoms with E-state index >= 15 is 0 Å². The van der Waals surface area contributed by atoms with Gasteiger partial charge in [-0.1, -0.05) is 55.8 Å². The van der Waals surface area contributed by atoms with Crippen LogP contribution in [0.3, 0.4) is 0 Å². The average Bonchev–Trinajstić information content (AvgIpc) is 2.88. The van der Waals surface area contributed by atoms with Crippen LogP contribution in [0.1, 0.15) is 46.0 Å². The molecule has 0 radical (unpaired) electrons. The highest BCUT2D eigenvalue weighted by molar-refractivity contribution is 5.98. The van der Waals surface area contributed by atoms with Crippen LogP contribution >= 0.6 is 0 Å². The molecule has 3 N–H and O–H groups in total. The summed E-state index contributed by atoms with van der Waals surface area (Å²) in [4.78, 5) is 39.2. The molecule has 0 atom stereocenters. The van der Waals surface area contributed by atoms with E-state index in [0.717, 1.165) is 18.4 Å². The van der Waals surface area contributed by atoms with E-state index in [0.29, 0.717) is 35.6 Å². The zero-order valence-electron chi connectivity index (χ0n) is 20.2. The molecule has 3 aromatic rings. The first kappa shape index (κ1) is 25.5. The first-order valence-electron chi connectivity index (χ1n) is 11.8. The van der Waals surface area contributed by atoms with Crippen molar-refractivity contribution in [1.29, 1.82) is 0 Å². The Labute approximate surface area is 206 Å². The molecule has 0 unspecified atom stereocenters. The highest BCUT2D eigenvalue weighted by Gasteiger charge is 2.13. The Morgan fingerprint density at radius 2 is 1.51 bits per heavy atom. The van der Waals surface area contributed by atoms with Crippen LogP contribution in [0, 0.1) is 0 Å². The molecule has 7 nitrogen and oxygen atoms in total. The van der Waals surface area contributed by atoms with Gasteiger partial charge in [-0.05, 0) is 48.4 Å². The van der Waals surface area contributed by atoms with Gasteiger partial charge in [0.2, 0.25) is 5.91 Å². The zero-order valence-corrected chi connectivity index (χ0v) is 20.2. The molecule has 0 spiro atoms. The van der Waals surface area contributed by atoms with Crippen molar-refractivity contribution >= 4 is 29.1 Å². The lowest BCUT2D eigenvalue weighted by Gasteiger charge is -2.18. The topological polar surface area (TPSA) is 90.5 Å². The van der Waals surface area contributed by atoms with Gasteiger partial charge in [-0.3, -0.25) is 14.4 Å². The number of hydrogen-bond donors (Lipinski definition) is 3. The second-order valence-corrected chi connectivity index (χ2v) is 8.32. The number of rotatable bonds is 11. The van der Waals surface area contributed by atoms with E-state index in [1.807, 2.05) is 30.3 Å². The molecule has 182 valence electrons. The maximum Gasteiger partial charge on any atom is 0.253 e. The summed E-state index contributed by atoms with van der Waals surface area (Å²) >= 11 is 0. The lowest BCUT2D eigenvalue weighted by atomic mass is 10.1. The molecular formula is C28H32N4O3. The van der Waals surface area contributed by atoms with Crippen molar-refractivity contribution in [2.24, 2.45) is 0 Å². The number of amides is 3. The van der Waals surface area contributed by atoms with Gasteiger partial charge in [-0.2, -0.15) is 0 Å². The van der Waals surface area contributed by atoms with Gasteiger partial charge < -0.3 is 20.9 Å². The summed E-state index contributed by atoms with van der Waals surface area (Å²) in [6, 6.07) is 23.7. The van der Waals surface area contributed by atoms with Gasteiger partial charge in [0.05, 0.1) is 6.54 Å². The van der Waals surface area contributed by atoms with Crippen molar-refractivity contribution in [2.75, 3.05) is 30.8 Å². The monoisotopic (exact) mass is 472 g/mol. The smallest absolute Gasteiger partial charge is 0.253 e. The Kier molecular flexibility index (Phi) is 9.42. The molecule has 3 aromatic carbocycles. The summed E-state index contributed by atoms with van der Waals surface area (Å²) in [7, 11) is 1.75. The third-order valence-electron chi connectivity index (χ3n) is 5.40. The Morgan fingerprint density at radius 1 is 0.829 bits per heavy atom. The molecule has 0 saturated carbocycles. The van der Waals surface area contributed by atoms with Crippen molar-refractivity contribution < 1.29 is 14.4 Å². The molecule has 0 fully saturated rings. The van der Waals surface area contributed by atoms with Gasteiger partial charge in [0.1, 0.15) is 0 Å². The molecule has 0 aliphatic rings. The molecule has 0 bridgehead atoms. The van der Waals surface area contributed by atoms with Crippen molar-refractivity contribution in [3.05, 3.63) is 95.6 Å². The average molecular weight is 473 g/mol. The van der Waals surface area contributed by atoms with Crippen LogP contribution in [-0.4, -0.2) is 42.8 Å². The summed E-state index contributed by atoms with van der Waals surface area (Å²) in [5, 5.41) is 8.74. The van der Waals surface area contributed by atoms with Crippen LogP contribution in [0.5, 0.6) is 0 Å². The number of nitrogens with zero attached hydrogens (tertiary/aromatic N) is 1. The third kappa shape index (κ3) is 7.99. The number of carbonyl (C=O) groups is 3. The molecule has 0 aliphatic heterocycles. The maximum atomic E-state index is 12.8. The van der Waals surface area contributed by atoms with Crippen molar-refractivity contribution in [3.8, 4) is 0 Å². The van der Waals surface area contributed by atoms with Crippen molar-refractivity contribution in [2.45, 2.75) is 26.3 Å². The van der Waals surface area contributed by atoms with E-state index in [1.54, 1.807) is 60.5 Å². The van der Waals surface area contributed by atoms with Crippen molar-refractivity contribution in [3.63, 3.8) is 0 Å². The molecule has 35 heavy (non-hydrogen) atoms. The fourth-order valence-corrected chi connectivity index (χ4v) is 3.52. The van der Waals surface area contributed by atoms with E-state index in [9.17, 15) is 14.4 Å². The third-order valence-corrected chi connectivity index (χ3v) is 5.40. The first-order chi connectivity index (χ1) is 17.0. The van der Waals surface area contributed by atoms with E-state index in [1.165, 1.54) is 0 Å². The minimum absolute atomic E-state index is 0.0208. The fourth-order valence-electron chi connectivity index (χ4n) is 3.52. The Hall–Kier alpha value is -4.13. The van der Waals surface area contributed by atoms with Gasteiger partial charge in [0.15, 0.2) is 0 Å². The number of hydrogen-bond acceptors (Lipinski definition) is 4. The van der Waals surface area contributed by atoms with Crippen LogP contribution in [-0.2, 0) is 11.3 Å². The first-order valence-corrected chi connectivity index (χ1v) is 11.8. The standard InChI is InChI=1S/C28H32N4O3/c1-3-4-16-29-27(34)22-12-8-14-24(17-22)30-19-26(33)31-25-15-9-13-23(18-25)28(35)32(2)20-21-10-6-5-7-11-21/h5-15,17-18,30H,3-4,16,19-20H2,1-2H3,(H,29,34)(H,31,33). The summed E-state index contributed by atoms with van der Waals surface area (Å²) in [5.74, 6) is -0.521. The minimum Gasteiger partial charge on any atom is -0.376 e. The summed E-state index contributed by atoms with van der Waals surface area (Å²) in [5.41, 5.74) is 3.30. The summed E-state index contributed by atoms with van der Waals surface area (Å²) in [6.45, 7) is 3.22. The largest absolute Gasteiger partial charge is 0.376 e. The lowest BCUT2D eigenvalue weighted by Crippen LogP contribution is -2.26. The van der Waals surface area contributed by atoms with E-state index in [2.05, 4.69) is 22.9 Å². The van der Waals surface area contributed by atoms with E-state index in [4.69, 9.17) is 0 Å². The predicted octanol–water partition coefficient (Wildman–Crippen LogP) is 4.54. The number of anilines is 2. The number of carbonyl (C=O) groups excluding carboxylic acids is 3. The molecule has 3 rings (SSSR count). The lowest BCUT2D eigenvalue weighted by molar-refractivity contribution is -0.114. The van der Waals surface area contributed by atoms with E-state index in [-0.39, 0.29) is 24.3 Å². The maximum absolute atomic E-state index is 12.8. The van der Waals surface area contributed by atoms with Gasteiger partial charge in [0.25, 0.3) is 11.8 Å². The Bertz CT molecular complexity index is 1150. The molecule has 0 aromatic heterocycles. The Balaban J connectivity index is 1.53. The van der Waals surface area contributed by atoms with E-state index < -0.39 is 0 Å². The summed E-state index contributed by atoms with van der Waals surface area (Å²) in [6.07, 6.45) is 1.94. The van der Waals surface area contributed by atoms with Gasteiger partial charge in [-0.25, -0.2) is 0 Å². The van der Waals surface area contributed by atoms with Crippen LogP contribution in [0.15, 0.2) is 78.9 Å².